The van der Waals surface area contributed by atoms with E-state index < -0.39 is 10.2 Å². The highest BCUT2D eigenvalue weighted by Gasteiger charge is 2.06. The molecule has 0 saturated carbocycles. The minimum absolute atomic E-state index is 0.225. The van der Waals surface area contributed by atoms with Gasteiger partial charge in [-0.3, -0.25) is 0 Å². The number of nitrogens with one attached hydrogen (secondary N) is 1. The molecule has 0 unspecified atom stereocenters. The molecule has 1 aromatic rings. The van der Waals surface area contributed by atoms with E-state index in [4.69, 9.17) is 5.14 Å². The van der Waals surface area contributed by atoms with Crippen LogP contribution in [0.15, 0.2) is 24.3 Å². The zero-order chi connectivity index (χ0) is 12.2. The van der Waals surface area contributed by atoms with Crippen LogP contribution >= 0.6 is 0 Å². The lowest BCUT2D eigenvalue weighted by Crippen LogP contribution is -2.30. The number of hydrogen-bond donors (Lipinski definition) is 2. The average Bonchev–Trinajstić information content (AvgIpc) is 2.14. The van der Waals surface area contributed by atoms with Gasteiger partial charge in [0.05, 0.1) is 0 Å². The van der Waals surface area contributed by atoms with E-state index in [1.54, 1.807) is 0 Å². The Labute approximate surface area is 96.4 Å². The van der Waals surface area contributed by atoms with Gasteiger partial charge in [-0.2, -0.15) is 13.1 Å². The molecule has 1 rings (SSSR count). The second-order valence-electron chi connectivity index (χ2n) is 3.87. The SMILES string of the molecule is CN(C)Cc1ccccc1CNS(N)(=O)=O. The van der Waals surface area contributed by atoms with Gasteiger partial charge >= 0.3 is 0 Å². The minimum atomic E-state index is -3.63. The van der Waals surface area contributed by atoms with Gasteiger partial charge in [-0.15, -0.1) is 0 Å². The number of rotatable bonds is 5. The topological polar surface area (TPSA) is 75.4 Å². The fourth-order valence-electron chi connectivity index (χ4n) is 1.40. The summed E-state index contributed by atoms with van der Waals surface area (Å²) in [6.07, 6.45) is 0. The molecule has 0 saturated heterocycles. The van der Waals surface area contributed by atoms with Crippen molar-refractivity contribution in [2.24, 2.45) is 5.14 Å². The molecule has 16 heavy (non-hydrogen) atoms. The summed E-state index contributed by atoms with van der Waals surface area (Å²) >= 11 is 0. The van der Waals surface area contributed by atoms with E-state index in [1.165, 1.54) is 0 Å². The number of nitrogens with zero attached hydrogens (tertiary/aromatic N) is 1. The molecule has 0 aromatic heterocycles. The van der Waals surface area contributed by atoms with Gasteiger partial charge < -0.3 is 4.90 Å². The Balaban J connectivity index is 2.79. The van der Waals surface area contributed by atoms with Crippen molar-refractivity contribution >= 4 is 10.2 Å². The molecule has 0 radical (unpaired) electrons. The lowest BCUT2D eigenvalue weighted by molar-refractivity contribution is 0.400. The molecule has 0 atom stereocenters. The first-order valence-corrected chi connectivity index (χ1v) is 6.42. The van der Waals surface area contributed by atoms with Crippen LogP contribution in [-0.2, 0) is 23.3 Å². The second-order valence-corrected chi connectivity index (χ2v) is 5.25. The van der Waals surface area contributed by atoms with Gasteiger partial charge in [0.1, 0.15) is 0 Å². The van der Waals surface area contributed by atoms with Crippen LogP contribution in [0.3, 0.4) is 0 Å². The first-order valence-electron chi connectivity index (χ1n) is 4.87. The Morgan fingerprint density at radius 1 is 1.25 bits per heavy atom. The molecule has 0 bridgehead atoms. The highest BCUT2D eigenvalue weighted by atomic mass is 32.2. The van der Waals surface area contributed by atoms with Crippen LogP contribution in [0.1, 0.15) is 11.1 Å². The van der Waals surface area contributed by atoms with Crippen LogP contribution in [0.2, 0.25) is 0 Å². The number of benzene rings is 1. The van der Waals surface area contributed by atoms with Crippen LogP contribution in [0.5, 0.6) is 0 Å². The van der Waals surface area contributed by atoms with Crippen LogP contribution in [-0.4, -0.2) is 27.4 Å². The van der Waals surface area contributed by atoms with Crippen LogP contribution < -0.4 is 9.86 Å². The van der Waals surface area contributed by atoms with Crippen molar-refractivity contribution in [2.45, 2.75) is 13.1 Å². The minimum Gasteiger partial charge on any atom is -0.305 e. The third-order valence-electron chi connectivity index (χ3n) is 2.07. The first kappa shape index (κ1) is 13.1. The lowest BCUT2D eigenvalue weighted by atomic mass is 10.1. The monoisotopic (exact) mass is 243 g/mol. The maximum atomic E-state index is 10.8. The van der Waals surface area contributed by atoms with Crippen molar-refractivity contribution in [3.05, 3.63) is 35.4 Å². The van der Waals surface area contributed by atoms with E-state index in [2.05, 4.69) is 4.72 Å². The highest BCUT2D eigenvalue weighted by Crippen LogP contribution is 2.10. The molecule has 0 spiro atoms. The third-order valence-corrected chi connectivity index (χ3v) is 2.62. The summed E-state index contributed by atoms with van der Waals surface area (Å²) < 4.78 is 23.9. The predicted molar refractivity (Wildman–Crippen MR) is 63.8 cm³/mol. The summed E-state index contributed by atoms with van der Waals surface area (Å²) in [6, 6.07) is 7.66. The van der Waals surface area contributed by atoms with E-state index in [1.807, 2.05) is 43.3 Å². The Morgan fingerprint density at radius 3 is 2.31 bits per heavy atom. The van der Waals surface area contributed by atoms with Crippen molar-refractivity contribution < 1.29 is 8.42 Å². The maximum absolute atomic E-state index is 10.8. The van der Waals surface area contributed by atoms with E-state index >= 15 is 0 Å². The van der Waals surface area contributed by atoms with Gasteiger partial charge in [0.25, 0.3) is 10.2 Å². The summed E-state index contributed by atoms with van der Waals surface area (Å²) in [5.74, 6) is 0. The van der Waals surface area contributed by atoms with E-state index in [0.29, 0.717) is 0 Å². The summed E-state index contributed by atoms with van der Waals surface area (Å²) in [6.45, 7) is 0.991. The molecule has 0 fully saturated rings. The Hall–Kier alpha value is -0.950. The van der Waals surface area contributed by atoms with E-state index in [0.717, 1.165) is 17.7 Å². The molecule has 0 aliphatic heterocycles. The summed E-state index contributed by atoms with van der Waals surface area (Å²) in [5, 5.41) is 4.89. The smallest absolute Gasteiger partial charge is 0.274 e. The largest absolute Gasteiger partial charge is 0.305 e. The molecule has 5 nitrogen and oxygen atoms in total. The maximum Gasteiger partial charge on any atom is 0.274 e. The second kappa shape index (κ2) is 5.40. The molecule has 0 amide bonds. The third kappa shape index (κ3) is 4.71. The van der Waals surface area contributed by atoms with Gasteiger partial charge in [-0.05, 0) is 25.2 Å². The van der Waals surface area contributed by atoms with Gasteiger partial charge in [0.2, 0.25) is 0 Å². The van der Waals surface area contributed by atoms with Crippen molar-refractivity contribution in [2.75, 3.05) is 14.1 Å². The van der Waals surface area contributed by atoms with Crippen molar-refractivity contribution in [3.8, 4) is 0 Å². The molecule has 90 valence electrons. The summed E-state index contributed by atoms with van der Waals surface area (Å²) in [4.78, 5) is 2.02. The van der Waals surface area contributed by atoms with Gasteiger partial charge in [0.15, 0.2) is 0 Å². The van der Waals surface area contributed by atoms with Crippen LogP contribution in [0.25, 0.3) is 0 Å². The summed E-state index contributed by atoms with van der Waals surface area (Å²) in [7, 11) is 0.293. The molecule has 0 aliphatic carbocycles. The van der Waals surface area contributed by atoms with E-state index in [-0.39, 0.29) is 6.54 Å². The van der Waals surface area contributed by atoms with Gasteiger partial charge in [-0.1, -0.05) is 24.3 Å². The van der Waals surface area contributed by atoms with Crippen LogP contribution in [0.4, 0.5) is 0 Å². The average molecular weight is 243 g/mol. The van der Waals surface area contributed by atoms with Crippen molar-refractivity contribution in [1.82, 2.24) is 9.62 Å². The predicted octanol–water partition coefficient (Wildman–Crippen LogP) is 0.0413. The zero-order valence-electron chi connectivity index (χ0n) is 9.47. The normalized spacial score (nSPS) is 12.0. The number of hydrogen-bond acceptors (Lipinski definition) is 3. The van der Waals surface area contributed by atoms with Crippen LogP contribution in [0, 0.1) is 0 Å². The molecule has 1 aromatic carbocycles. The molecule has 0 heterocycles. The fraction of sp³-hybridized carbons (Fsp3) is 0.400. The van der Waals surface area contributed by atoms with Gasteiger partial charge in [0, 0.05) is 13.1 Å². The van der Waals surface area contributed by atoms with Crippen molar-refractivity contribution in [3.63, 3.8) is 0 Å². The molecule has 3 N–H and O–H groups in total. The highest BCUT2D eigenvalue weighted by molar-refractivity contribution is 7.87. The standard InChI is InChI=1S/C10H17N3O2S/c1-13(2)8-10-6-4-3-5-9(10)7-12-16(11,14)15/h3-6,12H,7-8H2,1-2H3,(H2,11,14,15). The quantitative estimate of drug-likeness (QED) is 0.767. The fourth-order valence-corrected chi connectivity index (χ4v) is 1.76. The first-order chi connectivity index (χ1) is 7.38. The van der Waals surface area contributed by atoms with E-state index in [9.17, 15) is 8.42 Å². The van der Waals surface area contributed by atoms with Crippen molar-refractivity contribution in [1.29, 1.82) is 0 Å². The lowest BCUT2D eigenvalue weighted by Gasteiger charge is -2.14. The number of nitrogens with two attached hydrogens (primary N) is 1. The Bertz CT molecular complexity index is 443. The molecule has 6 heteroatoms. The Morgan fingerprint density at radius 2 is 1.81 bits per heavy atom. The zero-order valence-corrected chi connectivity index (χ0v) is 10.3. The molecular weight excluding hydrogens is 226 g/mol. The Kier molecular flexibility index (Phi) is 4.43. The molecule has 0 aliphatic rings. The molecular formula is C10H17N3O2S. The summed E-state index contributed by atoms with van der Waals surface area (Å²) in [5.41, 5.74) is 2.02. The van der Waals surface area contributed by atoms with Gasteiger partial charge in [-0.25, -0.2) is 5.14 Å².